The van der Waals surface area contributed by atoms with Crippen LogP contribution in [0.1, 0.15) is 37.9 Å². The molecule has 5 heteroatoms. The van der Waals surface area contributed by atoms with E-state index in [9.17, 15) is 4.79 Å². The number of rotatable bonds is 3. The quantitative estimate of drug-likeness (QED) is 0.922. The minimum Gasteiger partial charge on any atom is -0.376 e. The average molecular weight is 280 g/mol. The van der Waals surface area contributed by atoms with E-state index in [4.69, 9.17) is 4.74 Å². The van der Waals surface area contributed by atoms with Crippen molar-refractivity contribution in [2.24, 2.45) is 0 Å². The number of ether oxygens (including phenoxy) is 1. The van der Waals surface area contributed by atoms with E-state index in [-0.39, 0.29) is 24.2 Å². The lowest BCUT2D eigenvalue weighted by Gasteiger charge is -2.30. The molecule has 3 atom stereocenters. The van der Waals surface area contributed by atoms with Crippen LogP contribution in [0.25, 0.3) is 0 Å². The molecule has 1 amide bonds. The summed E-state index contributed by atoms with van der Waals surface area (Å²) in [4.78, 5) is 14.2. The van der Waals surface area contributed by atoms with Crippen LogP contribution in [0.5, 0.6) is 0 Å². The highest BCUT2D eigenvalue weighted by Gasteiger charge is 2.38. The fourth-order valence-corrected chi connectivity index (χ4v) is 3.53. The van der Waals surface area contributed by atoms with Crippen LogP contribution in [0.2, 0.25) is 0 Å². The smallest absolute Gasteiger partial charge is 0.241 e. The van der Waals surface area contributed by atoms with E-state index in [0.29, 0.717) is 6.54 Å². The summed E-state index contributed by atoms with van der Waals surface area (Å²) >= 11 is 1.67. The first-order valence-electron chi connectivity index (χ1n) is 6.96. The van der Waals surface area contributed by atoms with E-state index < -0.39 is 0 Å². The van der Waals surface area contributed by atoms with Crippen molar-refractivity contribution in [1.82, 2.24) is 10.2 Å². The lowest BCUT2D eigenvalue weighted by atomic mass is 10.1. The molecule has 0 radical (unpaired) electrons. The van der Waals surface area contributed by atoms with Crippen LogP contribution in [-0.4, -0.2) is 36.1 Å². The highest BCUT2D eigenvalue weighted by Crippen LogP contribution is 2.28. The maximum atomic E-state index is 12.3. The molecule has 1 aromatic heterocycles. The molecular weight excluding hydrogens is 260 g/mol. The number of hydrogen-bond acceptors (Lipinski definition) is 4. The van der Waals surface area contributed by atoms with Gasteiger partial charge >= 0.3 is 0 Å². The number of hydrogen-bond donors (Lipinski definition) is 1. The first-order valence-corrected chi connectivity index (χ1v) is 7.90. The van der Waals surface area contributed by atoms with E-state index in [1.807, 2.05) is 11.8 Å². The summed E-state index contributed by atoms with van der Waals surface area (Å²) in [5, 5.41) is 7.54. The molecule has 1 N–H and O–H groups in total. The molecule has 0 aromatic carbocycles. The zero-order valence-electron chi connectivity index (χ0n) is 11.2. The third-order valence-corrected chi connectivity index (χ3v) is 4.61. The summed E-state index contributed by atoms with van der Waals surface area (Å²) in [5.41, 5.74) is 1.18. The van der Waals surface area contributed by atoms with Gasteiger partial charge in [-0.15, -0.1) is 0 Å². The normalized spacial score (nSPS) is 31.9. The molecule has 0 bridgehead atoms. The van der Waals surface area contributed by atoms with Gasteiger partial charge in [0.1, 0.15) is 6.17 Å². The minimum atomic E-state index is -0.103. The molecule has 3 rings (SSSR count). The Kier molecular flexibility index (Phi) is 3.86. The van der Waals surface area contributed by atoms with Crippen LogP contribution in [0.15, 0.2) is 16.8 Å². The zero-order valence-corrected chi connectivity index (χ0v) is 12.0. The molecule has 0 aliphatic carbocycles. The van der Waals surface area contributed by atoms with Gasteiger partial charge in [0.25, 0.3) is 0 Å². The lowest BCUT2D eigenvalue weighted by molar-refractivity contribution is -0.132. The molecule has 3 heterocycles. The Morgan fingerprint density at radius 3 is 3.11 bits per heavy atom. The van der Waals surface area contributed by atoms with Crippen molar-refractivity contribution in [2.45, 2.75) is 44.5 Å². The number of thiophene rings is 1. The summed E-state index contributed by atoms with van der Waals surface area (Å²) in [7, 11) is 0. The monoisotopic (exact) mass is 280 g/mol. The van der Waals surface area contributed by atoms with Crippen LogP contribution in [0.3, 0.4) is 0 Å². The predicted molar refractivity (Wildman–Crippen MR) is 75.0 cm³/mol. The zero-order chi connectivity index (χ0) is 13.2. The fraction of sp³-hybridized carbons (Fsp3) is 0.643. The van der Waals surface area contributed by atoms with Gasteiger partial charge in [0.2, 0.25) is 5.91 Å². The first kappa shape index (κ1) is 13.1. The molecule has 4 nitrogen and oxygen atoms in total. The predicted octanol–water partition coefficient (Wildman–Crippen LogP) is 2.14. The van der Waals surface area contributed by atoms with Gasteiger partial charge in [0, 0.05) is 13.2 Å². The first-order chi connectivity index (χ1) is 9.25. The van der Waals surface area contributed by atoms with E-state index in [1.165, 1.54) is 12.0 Å². The Morgan fingerprint density at radius 1 is 1.53 bits per heavy atom. The lowest BCUT2D eigenvalue weighted by Crippen LogP contribution is -2.39. The number of carbonyl (C=O) groups is 1. The van der Waals surface area contributed by atoms with Gasteiger partial charge in [-0.3, -0.25) is 10.1 Å². The van der Waals surface area contributed by atoms with Gasteiger partial charge in [-0.05, 0) is 48.6 Å². The molecule has 2 saturated heterocycles. The largest absolute Gasteiger partial charge is 0.376 e. The molecule has 104 valence electrons. The van der Waals surface area contributed by atoms with E-state index >= 15 is 0 Å². The van der Waals surface area contributed by atoms with Gasteiger partial charge in [0.05, 0.1) is 12.1 Å². The maximum Gasteiger partial charge on any atom is 0.241 e. The van der Waals surface area contributed by atoms with Crippen molar-refractivity contribution in [1.29, 1.82) is 0 Å². The second kappa shape index (κ2) is 5.61. The van der Waals surface area contributed by atoms with Crippen LogP contribution in [-0.2, 0) is 9.53 Å². The molecule has 0 spiro atoms. The van der Waals surface area contributed by atoms with Crippen molar-refractivity contribution < 1.29 is 9.53 Å². The van der Waals surface area contributed by atoms with E-state index in [2.05, 4.69) is 22.1 Å². The number of carbonyl (C=O) groups excluding carboxylic acids is 1. The molecular formula is C14H20N2O2S. The Morgan fingerprint density at radius 2 is 2.42 bits per heavy atom. The van der Waals surface area contributed by atoms with Gasteiger partial charge in [-0.25, -0.2) is 0 Å². The molecule has 2 aliphatic rings. The third kappa shape index (κ3) is 2.68. The second-order valence-corrected chi connectivity index (χ2v) is 6.11. The summed E-state index contributed by atoms with van der Waals surface area (Å²) in [6, 6.07) is 1.98. The van der Waals surface area contributed by atoms with Gasteiger partial charge < -0.3 is 9.64 Å². The summed E-state index contributed by atoms with van der Waals surface area (Å²) in [6.45, 7) is 3.47. The van der Waals surface area contributed by atoms with Crippen molar-refractivity contribution in [3.8, 4) is 0 Å². The minimum absolute atomic E-state index is 0.0132. The topological polar surface area (TPSA) is 41.6 Å². The van der Waals surface area contributed by atoms with Gasteiger partial charge in [-0.2, -0.15) is 11.3 Å². The Hall–Kier alpha value is -0.910. The Bertz CT molecular complexity index is 429. The number of amides is 1. The van der Waals surface area contributed by atoms with E-state index in [1.54, 1.807) is 11.3 Å². The fourth-order valence-electron chi connectivity index (χ4n) is 2.85. The molecule has 19 heavy (non-hydrogen) atoms. The van der Waals surface area contributed by atoms with Gasteiger partial charge in [0.15, 0.2) is 0 Å². The van der Waals surface area contributed by atoms with E-state index in [0.717, 1.165) is 19.4 Å². The number of nitrogens with zero attached hydrogens (tertiary/aromatic N) is 1. The molecule has 2 fully saturated rings. The maximum absolute atomic E-state index is 12.3. The second-order valence-electron chi connectivity index (χ2n) is 5.33. The van der Waals surface area contributed by atoms with Crippen molar-refractivity contribution in [2.75, 3.05) is 13.2 Å². The highest BCUT2D eigenvalue weighted by molar-refractivity contribution is 7.07. The summed E-state index contributed by atoms with van der Waals surface area (Å²) < 4.78 is 5.77. The van der Waals surface area contributed by atoms with Crippen molar-refractivity contribution in [3.63, 3.8) is 0 Å². The van der Waals surface area contributed by atoms with Crippen LogP contribution >= 0.6 is 11.3 Å². The van der Waals surface area contributed by atoms with Crippen LogP contribution in [0.4, 0.5) is 0 Å². The molecule has 2 aliphatic heterocycles. The summed E-state index contributed by atoms with van der Waals surface area (Å²) in [6.07, 6.45) is 3.63. The van der Waals surface area contributed by atoms with Crippen LogP contribution in [0, 0.1) is 0 Å². The van der Waals surface area contributed by atoms with Crippen LogP contribution < -0.4 is 5.32 Å². The molecule has 1 aromatic rings. The summed E-state index contributed by atoms with van der Waals surface area (Å²) in [5.74, 6) is 0.186. The van der Waals surface area contributed by atoms with Crippen molar-refractivity contribution >= 4 is 17.2 Å². The SMILES string of the molecule is CC1NC(c2ccsc2)N(CC2CCCCO2)C1=O. The molecule has 0 saturated carbocycles. The Labute approximate surface area is 117 Å². The standard InChI is InChI=1S/C14H20N2O2S/c1-10-14(17)16(8-12-4-2-3-6-18-12)13(15-10)11-5-7-19-9-11/h5,7,9-10,12-13,15H,2-4,6,8H2,1H3. The Balaban J connectivity index is 1.73. The third-order valence-electron chi connectivity index (χ3n) is 3.91. The molecule has 3 unspecified atom stereocenters. The average Bonchev–Trinajstić information content (AvgIpc) is 3.04. The number of nitrogens with one attached hydrogen (secondary N) is 1. The van der Waals surface area contributed by atoms with Gasteiger partial charge in [-0.1, -0.05) is 0 Å². The highest BCUT2D eigenvalue weighted by atomic mass is 32.1. The van der Waals surface area contributed by atoms with Crippen molar-refractivity contribution in [3.05, 3.63) is 22.4 Å².